The first-order valence-corrected chi connectivity index (χ1v) is 10.9. The Morgan fingerprint density at radius 2 is 1.97 bits per heavy atom. The van der Waals surface area contributed by atoms with Gasteiger partial charge >= 0.3 is 0 Å². The summed E-state index contributed by atoms with van der Waals surface area (Å²) in [6.45, 7) is 2.07. The minimum Gasteiger partial charge on any atom is -0.484 e. The zero-order valence-electron chi connectivity index (χ0n) is 16.7. The maximum Gasteiger partial charge on any atom is 0.275 e. The molecule has 9 heteroatoms. The molecule has 2 aromatic heterocycles. The standard InChI is InChI=1S/C22H19ClN4O3S/c1-2-14-7-9-16(10-8-14)30-13-19(28)24-12-15-11-20(29)27-22(25-15)31-21(26-27)17-5-3-4-6-18(17)23/h3-11H,2,12-13H2,1H3,(H,24,28). The number of nitrogens with one attached hydrogen (secondary N) is 1. The Labute approximate surface area is 187 Å². The Morgan fingerprint density at radius 1 is 1.19 bits per heavy atom. The van der Waals surface area contributed by atoms with E-state index in [9.17, 15) is 9.59 Å². The highest BCUT2D eigenvalue weighted by Crippen LogP contribution is 2.30. The molecule has 1 N–H and O–H groups in total. The number of fused-ring (bicyclic) bond motifs is 1. The van der Waals surface area contributed by atoms with Crippen LogP contribution >= 0.6 is 22.9 Å². The Morgan fingerprint density at radius 3 is 2.71 bits per heavy atom. The molecule has 0 aliphatic heterocycles. The van der Waals surface area contributed by atoms with Crippen LogP contribution in [0, 0.1) is 0 Å². The van der Waals surface area contributed by atoms with E-state index in [1.54, 1.807) is 6.07 Å². The summed E-state index contributed by atoms with van der Waals surface area (Å²) in [6, 6.07) is 16.2. The second kappa shape index (κ2) is 9.28. The maximum absolute atomic E-state index is 12.4. The van der Waals surface area contributed by atoms with E-state index in [0.717, 1.165) is 12.0 Å². The van der Waals surface area contributed by atoms with Crippen molar-refractivity contribution in [3.8, 4) is 16.3 Å². The fourth-order valence-corrected chi connectivity index (χ4v) is 4.15. The summed E-state index contributed by atoms with van der Waals surface area (Å²) >= 11 is 7.49. The van der Waals surface area contributed by atoms with Crippen molar-refractivity contribution >= 4 is 33.8 Å². The van der Waals surface area contributed by atoms with Crippen LogP contribution in [0.1, 0.15) is 18.2 Å². The number of aryl methyl sites for hydroxylation is 1. The number of ether oxygens (including phenoxy) is 1. The van der Waals surface area contributed by atoms with E-state index in [2.05, 4.69) is 22.3 Å². The highest BCUT2D eigenvalue weighted by atomic mass is 35.5. The number of amides is 1. The molecule has 0 spiro atoms. The van der Waals surface area contributed by atoms with Gasteiger partial charge in [-0.1, -0.05) is 60.2 Å². The second-order valence-corrected chi connectivity index (χ2v) is 8.09. The van der Waals surface area contributed by atoms with Gasteiger partial charge in [-0.2, -0.15) is 9.61 Å². The summed E-state index contributed by atoms with van der Waals surface area (Å²) in [5.41, 5.74) is 2.06. The zero-order valence-corrected chi connectivity index (χ0v) is 18.2. The van der Waals surface area contributed by atoms with Crippen LogP contribution in [-0.2, 0) is 17.8 Å². The lowest BCUT2D eigenvalue weighted by Gasteiger charge is -2.07. The molecule has 0 aliphatic carbocycles. The van der Waals surface area contributed by atoms with Gasteiger partial charge in [0.05, 0.1) is 17.3 Å². The smallest absolute Gasteiger partial charge is 0.275 e. The van der Waals surface area contributed by atoms with Crippen molar-refractivity contribution in [3.63, 3.8) is 0 Å². The molecule has 158 valence electrons. The second-order valence-electron chi connectivity index (χ2n) is 6.73. The summed E-state index contributed by atoms with van der Waals surface area (Å²) < 4.78 is 6.73. The van der Waals surface area contributed by atoms with Gasteiger partial charge in [-0.25, -0.2) is 4.98 Å². The third kappa shape index (κ3) is 4.92. The molecule has 0 fully saturated rings. The van der Waals surface area contributed by atoms with Crippen LogP contribution in [-0.4, -0.2) is 27.1 Å². The van der Waals surface area contributed by atoms with Crippen molar-refractivity contribution in [1.29, 1.82) is 0 Å². The molecule has 2 heterocycles. The third-order valence-electron chi connectivity index (χ3n) is 4.57. The number of benzene rings is 2. The van der Waals surface area contributed by atoms with Crippen LogP contribution < -0.4 is 15.6 Å². The molecule has 0 saturated heterocycles. The molecule has 1 amide bonds. The first-order valence-electron chi connectivity index (χ1n) is 9.66. The molecule has 0 saturated carbocycles. The molecule has 4 rings (SSSR count). The molecule has 31 heavy (non-hydrogen) atoms. The van der Waals surface area contributed by atoms with Gasteiger partial charge in [0.1, 0.15) is 10.8 Å². The van der Waals surface area contributed by atoms with E-state index in [-0.39, 0.29) is 24.6 Å². The van der Waals surface area contributed by atoms with Crippen LogP contribution in [0.15, 0.2) is 59.4 Å². The summed E-state index contributed by atoms with van der Waals surface area (Å²) in [6.07, 6.45) is 0.942. The number of carbonyl (C=O) groups is 1. The van der Waals surface area contributed by atoms with Crippen molar-refractivity contribution in [1.82, 2.24) is 19.9 Å². The summed E-state index contributed by atoms with van der Waals surface area (Å²) in [4.78, 5) is 29.4. The number of carbonyl (C=O) groups excluding carboxylic acids is 1. The largest absolute Gasteiger partial charge is 0.484 e. The monoisotopic (exact) mass is 454 g/mol. The van der Waals surface area contributed by atoms with Gasteiger partial charge in [-0.15, -0.1) is 0 Å². The van der Waals surface area contributed by atoms with Gasteiger partial charge < -0.3 is 10.1 Å². The van der Waals surface area contributed by atoms with Crippen LogP contribution in [0.3, 0.4) is 0 Å². The first kappa shape index (κ1) is 21.0. The van der Waals surface area contributed by atoms with Crippen molar-refractivity contribution in [2.24, 2.45) is 0 Å². The van der Waals surface area contributed by atoms with E-state index in [1.807, 2.05) is 42.5 Å². The predicted molar refractivity (Wildman–Crippen MR) is 121 cm³/mol. The lowest BCUT2D eigenvalue weighted by atomic mass is 10.2. The Kier molecular flexibility index (Phi) is 6.29. The number of aromatic nitrogens is 3. The molecular weight excluding hydrogens is 436 g/mol. The van der Waals surface area contributed by atoms with Crippen molar-refractivity contribution in [3.05, 3.63) is 81.2 Å². The van der Waals surface area contributed by atoms with Crippen molar-refractivity contribution in [2.45, 2.75) is 19.9 Å². The highest BCUT2D eigenvalue weighted by Gasteiger charge is 2.13. The lowest BCUT2D eigenvalue weighted by Crippen LogP contribution is -2.29. The molecule has 2 aromatic carbocycles. The molecule has 4 aromatic rings. The molecule has 7 nitrogen and oxygen atoms in total. The SMILES string of the molecule is CCc1ccc(OCC(=O)NCc2cc(=O)n3nc(-c4ccccc4Cl)sc3n2)cc1. The van der Waals surface area contributed by atoms with Crippen molar-refractivity contribution < 1.29 is 9.53 Å². The zero-order chi connectivity index (χ0) is 21.8. The summed E-state index contributed by atoms with van der Waals surface area (Å²) in [5, 5.41) is 8.19. The third-order valence-corrected chi connectivity index (χ3v) is 5.84. The topological polar surface area (TPSA) is 85.6 Å². The van der Waals surface area contributed by atoms with Gasteiger partial charge in [-0.3, -0.25) is 9.59 Å². The Balaban J connectivity index is 1.42. The fourth-order valence-electron chi connectivity index (χ4n) is 2.90. The average Bonchev–Trinajstić information content (AvgIpc) is 3.21. The average molecular weight is 455 g/mol. The van der Waals surface area contributed by atoms with Crippen LogP contribution in [0.5, 0.6) is 5.75 Å². The van der Waals surface area contributed by atoms with E-state index in [1.165, 1.54) is 27.5 Å². The quantitative estimate of drug-likeness (QED) is 0.460. The number of halogens is 1. The molecule has 0 radical (unpaired) electrons. The van der Waals surface area contributed by atoms with Gasteiger partial charge in [0.25, 0.3) is 11.5 Å². The molecule has 0 atom stereocenters. The normalized spacial score (nSPS) is 10.9. The number of hydrogen-bond donors (Lipinski definition) is 1. The van der Waals surface area contributed by atoms with Gasteiger partial charge in [-0.05, 0) is 30.2 Å². The van der Waals surface area contributed by atoms with Crippen molar-refractivity contribution in [2.75, 3.05) is 6.61 Å². The molecular formula is C22H19ClN4O3S. The number of rotatable bonds is 7. The van der Waals surface area contributed by atoms with E-state index >= 15 is 0 Å². The van der Waals surface area contributed by atoms with E-state index < -0.39 is 0 Å². The number of hydrogen-bond acceptors (Lipinski definition) is 6. The number of nitrogens with zero attached hydrogens (tertiary/aromatic N) is 3. The molecule has 0 unspecified atom stereocenters. The van der Waals surface area contributed by atoms with Gasteiger partial charge in [0.2, 0.25) is 4.96 Å². The van der Waals surface area contributed by atoms with E-state index in [0.29, 0.717) is 26.4 Å². The predicted octanol–water partition coefficient (Wildman–Crippen LogP) is 3.73. The minimum atomic E-state index is -0.323. The van der Waals surface area contributed by atoms with Crippen LogP contribution in [0.4, 0.5) is 0 Å². The molecule has 0 aliphatic rings. The summed E-state index contributed by atoms with van der Waals surface area (Å²) in [7, 11) is 0. The van der Waals surface area contributed by atoms with E-state index in [4.69, 9.17) is 16.3 Å². The highest BCUT2D eigenvalue weighted by molar-refractivity contribution is 7.19. The first-order chi connectivity index (χ1) is 15.0. The lowest BCUT2D eigenvalue weighted by molar-refractivity contribution is -0.123. The fraction of sp³-hybridized carbons (Fsp3) is 0.182. The van der Waals surface area contributed by atoms with Gasteiger partial charge in [0, 0.05) is 11.6 Å². The van der Waals surface area contributed by atoms with Gasteiger partial charge in [0.15, 0.2) is 6.61 Å². The Bertz CT molecular complexity index is 1280. The maximum atomic E-state index is 12.4. The summed E-state index contributed by atoms with van der Waals surface area (Å²) in [5.74, 6) is 0.324. The molecule has 0 bridgehead atoms. The van der Waals surface area contributed by atoms with Crippen LogP contribution in [0.2, 0.25) is 5.02 Å². The Hall–Kier alpha value is -3.23. The van der Waals surface area contributed by atoms with Crippen LogP contribution in [0.25, 0.3) is 15.5 Å². The minimum absolute atomic E-state index is 0.113.